The van der Waals surface area contributed by atoms with Crippen molar-refractivity contribution in [2.75, 3.05) is 0 Å². The normalized spacial score (nSPS) is 16.7. The number of nitrogens with zero attached hydrogens (tertiary/aromatic N) is 2. The summed E-state index contributed by atoms with van der Waals surface area (Å²) >= 11 is 2.88. The fraction of sp³-hybridized carbons (Fsp3) is 0.636. The number of imide groups is 1. The maximum absolute atomic E-state index is 13.5. The molecule has 3 amide bonds. The van der Waals surface area contributed by atoms with Gasteiger partial charge in [-0.3, -0.25) is 19.5 Å². The molecule has 31 heavy (non-hydrogen) atoms. The first kappa shape index (κ1) is 22.3. The second kappa shape index (κ2) is 9.73. The van der Waals surface area contributed by atoms with Crippen molar-refractivity contribution in [2.24, 2.45) is 0 Å². The van der Waals surface area contributed by atoms with Gasteiger partial charge in [0.15, 0.2) is 5.16 Å². The van der Waals surface area contributed by atoms with E-state index >= 15 is 0 Å². The van der Waals surface area contributed by atoms with Gasteiger partial charge < -0.3 is 5.32 Å². The molecule has 7 nitrogen and oxygen atoms in total. The molecule has 2 aliphatic rings. The Balaban J connectivity index is 1.59. The minimum Gasteiger partial charge on any atom is -0.335 e. The number of unbranched alkanes of at least 4 members (excludes halogenated alkanes) is 2. The lowest BCUT2D eigenvalue weighted by molar-refractivity contribution is -0.119. The van der Waals surface area contributed by atoms with E-state index in [0.29, 0.717) is 11.7 Å². The van der Waals surface area contributed by atoms with Gasteiger partial charge in [-0.1, -0.05) is 31.5 Å². The summed E-state index contributed by atoms with van der Waals surface area (Å²) in [5.74, 6) is -0.372. The predicted molar refractivity (Wildman–Crippen MR) is 125 cm³/mol. The van der Waals surface area contributed by atoms with Gasteiger partial charge in [0.25, 0.3) is 5.56 Å². The lowest BCUT2D eigenvalue weighted by Gasteiger charge is -2.16. The molecular formula is C22H30N4O3S2. The van der Waals surface area contributed by atoms with Crippen LogP contribution < -0.4 is 16.2 Å². The van der Waals surface area contributed by atoms with E-state index in [9.17, 15) is 14.4 Å². The third-order valence-electron chi connectivity index (χ3n) is 5.83. The predicted octanol–water partition coefficient (Wildman–Crippen LogP) is 4.00. The number of aryl methyl sites for hydroxylation is 2. The smallest absolute Gasteiger partial charge is 0.321 e. The average molecular weight is 463 g/mol. The summed E-state index contributed by atoms with van der Waals surface area (Å²) < 4.78 is 1.75. The minimum atomic E-state index is -0.540. The van der Waals surface area contributed by atoms with Gasteiger partial charge >= 0.3 is 6.03 Å². The summed E-state index contributed by atoms with van der Waals surface area (Å²) in [5.41, 5.74) is 1.20. The van der Waals surface area contributed by atoms with Crippen LogP contribution in [0.15, 0.2) is 9.95 Å². The van der Waals surface area contributed by atoms with Crippen LogP contribution in [0.1, 0.15) is 69.2 Å². The van der Waals surface area contributed by atoms with Crippen LogP contribution in [0.4, 0.5) is 4.79 Å². The monoisotopic (exact) mass is 462 g/mol. The Morgan fingerprint density at radius 1 is 1.26 bits per heavy atom. The molecule has 0 spiro atoms. The Labute approximate surface area is 190 Å². The highest BCUT2D eigenvalue weighted by Gasteiger charge is 2.27. The van der Waals surface area contributed by atoms with Gasteiger partial charge in [-0.15, -0.1) is 11.3 Å². The van der Waals surface area contributed by atoms with Crippen molar-refractivity contribution in [3.63, 3.8) is 0 Å². The second-order valence-corrected chi connectivity index (χ2v) is 10.8. The molecule has 0 aromatic carbocycles. The van der Waals surface area contributed by atoms with Gasteiger partial charge in [0.05, 0.1) is 10.6 Å². The van der Waals surface area contributed by atoms with E-state index in [1.165, 1.54) is 22.2 Å². The summed E-state index contributed by atoms with van der Waals surface area (Å²) in [5, 5.41) is 5.98. The molecule has 2 aromatic rings. The maximum atomic E-state index is 13.5. The minimum absolute atomic E-state index is 0.0158. The van der Waals surface area contributed by atoms with Crippen LogP contribution >= 0.6 is 23.1 Å². The zero-order valence-corrected chi connectivity index (χ0v) is 19.8. The number of thioether (sulfide) groups is 1. The van der Waals surface area contributed by atoms with Gasteiger partial charge in [-0.25, -0.2) is 9.78 Å². The van der Waals surface area contributed by atoms with E-state index in [1.54, 1.807) is 22.8 Å². The second-order valence-electron chi connectivity index (χ2n) is 8.45. The molecule has 1 fully saturated rings. The van der Waals surface area contributed by atoms with Gasteiger partial charge in [-0.05, 0) is 57.4 Å². The lowest BCUT2D eigenvalue weighted by atomic mass is 9.97. The summed E-state index contributed by atoms with van der Waals surface area (Å²) in [6, 6.07) is -0.261. The molecule has 1 saturated carbocycles. The Kier molecular flexibility index (Phi) is 7.01. The molecule has 1 atom stereocenters. The van der Waals surface area contributed by atoms with E-state index < -0.39 is 11.3 Å². The zero-order chi connectivity index (χ0) is 22.0. The molecule has 0 radical (unpaired) electrons. The van der Waals surface area contributed by atoms with E-state index in [4.69, 9.17) is 4.98 Å². The molecule has 4 rings (SSSR count). The highest BCUT2D eigenvalue weighted by molar-refractivity contribution is 8.00. The van der Waals surface area contributed by atoms with Crippen molar-refractivity contribution in [3.05, 3.63) is 20.8 Å². The van der Waals surface area contributed by atoms with Crippen molar-refractivity contribution in [2.45, 2.75) is 94.6 Å². The Bertz CT molecular complexity index is 1040. The zero-order valence-electron chi connectivity index (χ0n) is 18.2. The maximum Gasteiger partial charge on any atom is 0.321 e. The third kappa shape index (κ3) is 5.14. The molecule has 168 valence electrons. The standard InChI is InChI=1S/C22H30N4O3S2/c1-3-4-7-12-26-20(28)17-15-8-5-6-9-16(15)31-19(17)25-22(26)30-13(2)18(27)24-21(29)23-14-10-11-14/h13-14H,3-12H2,1-2H3,(H2,23,24,27,29). The number of aromatic nitrogens is 2. The van der Waals surface area contributed by atoms with Crippen molar-refractivity contribution in [3.8, 4) is 0 Å². The van der Waals surface area contributed by atoms with Gasteiger partial charge in [0.2, 0.25) is 5.91 Å². The van der Waals surface area contributed by atoms with E-state index in [1.807, 2.05) is 0 Å². The van der Waals surface area contributed by atoms with Crippen LogP contribution in [0.2, 0.25) is 0 Å². The molecule has 9 heteroatoms. The Morgan fingerprint density at radius 2 is 2.03 bits per heavy atom. The number of carbonyl (C=O) groups excluding carboxylic acids is 2. The van der Waals surface area contributed by atoms with Gasteiger partial charge in [-0.2, -0.15) is 0 Å². The molecule has 2 aliphatic carbocycles. The number of hydrogen-bond acceptors (Lipinski definition) is 6. The highest BCUT2D eigenvalue weighted by Crippen LogP contribution is 2.35. The highest BCUT2D eigenvalue weighted by atomic mass is 32.2. The fourth-order valence-electron chi connectivity index (χ4n) is 3.90. The van der Waals surface area contributed by atoms with Crippen molar-refractivity contribution in [1.29, 1.82) is 0 Å². The number of urea groups is 1. The van der Waals surface area contributed by atoms with Crippen LogP contribution in [-0.2, 0) is 24.2 Å². The van der Waals surface area contributed by atoms with Crippen molar-refractivity contribution < 1.29 is 9.59 Å². The molecular weight excluding hydrogens is 432 g/mol. The van der Waals surface area contributed by atoms with Crippen LogP contribution in [0.3, 0.4) is 0 Å². The molecule has 2 heterocycles. The number of hydrogen-bond donors (Lipinski definition) is 2. The Morgan fingerprint density at radius 3 is 2.77 bits per heavy atom. The van der Waals surface area contributed by atoms with Gasteiger partial charge in [0.1, 0.15) is 4.83 Å². The Hall–Kier alpha value is -1.87. The molecule has 0 aliphatic heterocycles. The number of amides is 3. The first-order chi connectivity index (χ1) is 15.0. The summed E-state index contributed by atoms with van der Waals surface area (Å²) in [6.45, 7) is 4.48. The summed E-state index contributed by atoms with van der Waals surface area (Å²) in [6.07, 6.45) is 9.16. The number of nitrogens with one attached hydrogen (secondary N) is 2. The van der Waals surface area contributed by atoms with E-state index in [0.717, 1.165) is 68.0 Å². The number of rotatable bonds is 8. The van der Waals surface area contributed by atoms with Crippen molar-refractivity contribution in [1.82, 2.24) is 20.2 Å². The van der Waals surface area contributed by atoms with Crippen molar-refractivity contribution >= 4 is 45.3 Å². The molecule has 2 N–H and O–H groups in total. The summed E-state index contributed by atoms with van der Waals surface area (Å²) in [7, 11) is 0. The quantitative estimate of drug-likeness (QED) is 0.351. The first-order valence-corrected chi connectivity index (χ1v) is 13.0. The van der Waals surface area contributed by atoms with Crippen LogP contribution in [0, 0.1) is 0 Å². The number of carbonyl (C=O) groups is 2. The molecule has 2 aromatic heterocycles. The largest absolute Gasteiger partial charge is 0.335 e. The first-order valence-electron chi connectivity index (χ1n) is 11.3. The van der Waals surface area contributed by atoms with E-state index in [-0.39, 0.29) is 17.5 Å². The topological polar surface area (TPSA) is 93.1 Å². The molecule has 0 saturated heterocycles. The molecule has 0 bridgehead atoms. The number of fused-ring (bicyclic) bond motifs is 3. The van der Waals surface area contributed by atoms with E-state index in [2.05, 4.69) is 17.6 Å². The number of thiophene rings is 1. The fourth-order valence-corrected chi connectivity index (χ4v) is 6.14. The third-order valence-corrected chi connectivity index (χ3v) is 8.10. The molecule has 1 unspecified atom stereocenters. The lowest BCUT2D eigenvalue weighted by Crippen LogP contribution is -2.43. The van der Waals surface area contributed by atoms with Crippen LogP contribution in [-0.4, -0.2) is 32.8 Å². The SMILES string of the molecule is CCCCCn1c(SC(C)C(=O)NC(=O)NC2CC2)nc2sc3c(c2c1=O)CCCC3. The van der Waals surface area contributed by atoms with Gasteiger partial charge in [0, 0.05) is 17.5 Å². The average Bonchev–Trinajstić information content (AvgIpc) is 3.47. The van der Waals surface area contributed by atoms with Crippen LogP contribution in [0.5, 0.6) is 0 Å². The summed E-state index contributed by atoms with van der Waals surface area (Å²) in [4.78, 5) is 44.9. The van der Waals surface area contributed by atoms with Crippen LogP contribution in [0.25, 0.3) is 10.2 Å².